The van der Waals surface area contributed by atoms with Gasteiger partial charge in [0.05, 0.1) is 5.41 Å². The Morgan fingerprint density at radius 3 is 2.00 bits per heavy atom. The SMILES string of the molecule is CCC(I)(I)OC(=O)C(C)(C)C. The van der Waals surface area contributed by atoms with Crippen molar-refractivity contribution in [1.82, 2.24) is 0 Å². The maximum absolute atomic E-state index is 11.4. The Morgan fingerprint density at radius 2 is 1.75 bits per heavy atom. The molecule has 0 aromatic rings. The smallest absolute Gasteiger partial charge is 0.313 e. The summed E-state index contributed by atoms with van der Waals surface area (Å²) in [6, 6.07) is 0. The van der Waals surface area contributed by atoms with Crippen molar-refractivity contribution in [2.45, 2.75) is 35.7 Å². The molecule has 0 heterocycles. The average molecular weight is 396 g/mol. The molecule has 0 bridgehead atoms. The molecule has 12 heavy (non-hydrogen) atoms. The van der Waals surface area contributed by atoms with Crippen LogP contribution in [-0.2, 0) is 9.53 Å². The van der Waals surface area contributed by atoms with Crippen LogP contribution in [0.4, 0.5) is 0 Å². The van der Waals surface area contributed by atoms with E-state index in [1.807, 2.05) is 27.7 Å². The molecule has 0 aliphatic carbocycles. The van der Waals surface area contributed by atoms with E-state index in [1.165, 1.54) is 0 Å². The second kappa shape index (κ2) is 4.43. The monoisotopic (exact) mass is 396 g/mol. The third-order valence-corrected chi connectivity index (χ3v) is 3.23. The number of hydrogen-bond donors (Lipinski definition) is 0. The molecule has 0 rings (SSSR count). The summed E-state index contributed by atoms with van der Waals surface area (Å²) >= 11 is 4.28. The first kappa shape index (κ1) is 12.9. The average Bonchev–Trinajstić information content (AvgIpc) is 1.85. The molecule has 0 atom stereocenters. The minimum atomic E-state index is -0.406. The van der Waals surface area contributed by atoms with Gasteiger partial charge in [0, 0.05) is 6.42 Å². The number of alkyl halides is 2. The summed E-state index contributed by atoms with van der Waals surface area (Å²) < 4.78 is 4.90. The number of halogens is 2. The van der Waals surface area contributed by atoms with Crippen LogP contribution in [0.2, 0.25) is 0 Å². The van der Waals surface area contributed by atoms with Crippen molar-refractivity contribution in [2.24, 2.45) is 5.41 Å². The molecule has 0 amide bonds. The van der Waals surface area contributed by atoms with Crippen LogP contribution < -0.4 is 0 Å². The van der Waals surface area contributed by atoms with Crippen LogP contribution in [0, 0.1) is 5.41 Å². The summed E-state index contributed by atoms with van der Waals surface area (Å²) in [6.07, 6.45) is 0.815. The number of rotatable bonds is 2. The molecule has 0 aliphatic heterocycles. The molecule has 0 aromatic heterocycles. The minimum absolute atomic E-state index is 0.145. The Morgan fingerprint density at radius 1 is 1.33 bits per heavy atom. The predicted molar refractivity (Wildman–Crippen MR) is 66.6 cm³/mol. The lowest BCUT2D eigenvalue weighted by Gasteiger charge is -2.24. The van der Waals surface area contributed by atoms with E-state index in [1.54, 1.807) is 0 Å². The molecule has 4 heteroatoms. The topological polar surface area (TPSA) is 26.3 Å². The predicted octanol–water partition coefficient (Wildman–Crippen LogP) is 3.51. The summed E-state index contributed by atoms with van der Waals surface area (Å²) in [6.45, 7) is 7.56. The quantitative estimate of drug-likeness (QED) is 0.406. The maximum atomic E-state index is 11.4. The van der Waals surface area contributed by atoms with Crippen LogP contribution in [0.15, 0.2) is 0 Å². The van der Waals surface area contributed by atoms with Gasteiger partial charge in [-0.25, -0.2) is 0 Å². The molecule has 0 N–H and O–H groups in total. The van der Waals surface area contributed by atoms with Crippen LogP contribution in [0.3, 0.4) is 0 Å². The fourth-order valence-electron chi connectivity index (χ4n) is 0.361. The Bertz CT molecular complexity index is 170. The highest BCUT2D eigenvalue weighted by Gasteiger charge is 2.31. The van der Waals surface area contributed by atoms with Crippen molar-refractivity contribution < 1.29 is 9.53 Å². The first-order valence-electron chi connectivity index (χ1n) is 3.80. The van der Waals surface area contributed by atoms with Gasteiger partial charge in [-0.05, 0) is 66.0 Å². The van der Waals surface area contributed by atoms with Gasteiger partial charge >= 0.3 is 5.97 Å². The van der Waals surface area contributed by atoms with Crippen molar-refractivity contribution >= 4 is 51.2 Å². The van der Waals surface area contributed by atoms with E-state index >= 15 is 0 Å². The Balaban J connectivity index is 4.20. The zero-order valence-corrected chi connectivity index (χ0v) is 12.1. The van der Waals surface area contributed by atoms with Crippen molar-refractivity contribution in [2.75, 3.05) is 0 Å². The standard InChI is InChI=1S/C8H14I2O2/c1-5-8(9,10)12-6(11)7(2,3)4/h5H2,1-4H3. The number of esters is 1. The zero-order valence-electron chi connectivity index (χ0n) is 7.78. The van der Waals surface area contributed by atoms with Crippen molar-refractivity contribution in [1.29, 1.82) is 0 Å². The summed E-state index contributed by atoms with van der Waals surface area (Å²) in [5, 5.41) is 0. The highest BCUT2D eigenvalue weighted by molar-refractivity contribution is 14.2. The highest BCUT2D eigenvalue weighted by atomic mass is 127. The van der Waals surface area contributed by atoms with Crippen molar-refractivity contribution in [3.8, 4) is 0 Å². The summed E-state index contributed by atoms with van der Waals surface area (Å²) in [5.74, 6) is -0.145. The third-order valence-electron chi connectivity index (χ3n) is 1.27. The molecule has 0 spiro atoms. The molecule has 0 saturated heterocycles. The second-order valence-corrected chi connectivity index (χ2v) is 9.18. The molecule has 0 unspecified atom stereocenters. The van der Waals surface area contributed by atoms with E-state index < -0.39 is 5.41 Å². The molecule has 0 fully saturated rings. The lowest BCUT2D eigenvalue weighted by Crippen LogP contribution is -2.29. The first-order valence-corrected chi connectivity index (χ1v) is 5.96. The lowest BCUT2D eigenvalue weighted by molar-refractivity contribution is -0.154. The van der Waals surface area contributed by atoms with E-state index in [-0.39, 0.29) is 7.58 Å². The van der Waals surface area contributed by atoms with Crippen LogP contribution >= 0.6 is 45.2 Å². The van der Waals surface area contributed by atoms with Crippen LogP contribution in [0.5, 0.6) is 0 Å². The van der Waals surface area contributed by atoms with E-state index in [0.29, 0.717) is 0 Å². The minimum Gasteiger partial charge on any atom is -0.438 e. The van der Waals surface area contributed by atoms with Gasteiger partial charge in [0.25, 0.3) is 0 Å². The number of hydrogen-bond acceptors (Lipinski definition) is 2. The molecular weight excluding hydrogens is 382 g/mol. The zero-order chi connectivity index (χ0) is 9.99. The van der Waals surface area contributed by atoms with E-state index in [2.05, 4.69) is 45.2 Å². The van der Waals surface area contributed by atoms with Gasteiger partial charge < -0.3 is 4.74 Å². The van der Waals surface area contributed by atoms with Gasteiger partial charge in [0.2, 0.25) is 1.61 Å². The molecule has 0 aliphatic rings. The van der Waals surface area contributed by atoms with E-state index in [0.717, 1.165) is 6.42 Å². The summed E-state index contributed by atoms with van der Waals surface area (Å²) in [4.78, 5) is 11.4. The number of carbonyl (C=O) groups excluding carboxylic acids is 1. The van der Waals surface area contributed by atoms with E-state index in [9.17, 15) is 4.79 Å². The first-order chi connectivity index (χ1) is 5.19. The molecule has 0 aromatic carbocycles. The van der Waals surface area contributed by atoms with Gasteiger partial charge in [-0.2, -0.15) is 0 Å². The Labute approximate surface area is 101 Å². The number of ether oxygens (including phenoxy) is 1. The largest absolute Gasteiger partial charge is 0.438 e. The molecule has 0 saturated carbocycles. The lowest BCUT2D eigenvalue weighted by atomic mass is 9.97. The van der Waals surface area contributed by atoms with E-state index in [4.69, 9.17) is 4.74 Å². The Hall–Kier alpha value is 0.930. The summed E-state index contributed by atoms with van der Waals surface area (Å²) in [5.41, 5.74) is -0.406. The van der Waals surface area contributed by atoms with Crippen molar-refractivity contribution in [3.05, 3.63) is 0 Å². The van der Waals surface area contributed by atoms with Crippen LogP contribution in [-0.4, -0.2) is 7.58 Å². The molecule has 72 valence electrons. The maximum Gasteiger partial charge on any atom is 0.313 e. The third kappa shape index (κ3) is 4.84. The van der Waals surface area contributed by atoms with Crippen LogP contribution in [0.1, 0.15) is 34.1 Å². The molecule has 2 nitrogen and oxygen atoms in total. The Kier molecular flexibility index (Phi) is 4.78. The van der Waals surface area contributed by atoms with Gasteiger partial charge in [0.15, 0.2) is 0 Å². The molecule has 0 radical (unpaired) electrons. The number of carbonyl (C=O) groups is 1. The second-order valence-electron chi connectivity index (χ2n) is 3.63. The molecular formula is C8H14I2O2. The summed E-state index contributed by atoms with van der Waals surface area (Å²) in [7, 11) is 0. The highest BCUT2D eigenvalue weighted by Crippen LogP contribution is 2.34. The normalized spacial score (nSPS) is 12.8. The van der Waals surface area contributed by atoms with Crippen LogP contribution in [0.25, 0.3) is 0 Å². The van der Waals surface area contributed by atoms with Gasteiger partial charge in [0.1, 0.15) is 0 Å². The fourth-order valence-corrected chi connectivity index (χ4v) is 0.761. The van der Waals surface area contributed by atoms with Gasteiger partial charge in [-0.1, -0.05) is 6.92 Å². The fraction of sp³-hybridized carbons (Fsp3) is 0.875. The van der Waals surface area contributed by atoms with Crippen molar-refractivity contribution in [3.63, 3.8) is 0 Å². The van der Waals surface area contributed by atoms with Gasteiger partial charge in [-0.3, -0.25) is 4.79 Å². The van der Waals surface area contributed by atoms with Gasteiger partial charge in [-0.15, -0.1) is 0 Å².